The third kappa shape index (κ3) is 7.73. The Kier molecular flexibility index (Phi) is 10.2. The van der Waals surface area contributed by atoms with Crippen LogP contribution in [0.1, 0.15) is 19.8 Å². The van der Waals surface area contributed by atoms with Crippen LogP contribution in [-0.4, -0.2) is 104 Å². The normalized spacial score (nSPS) is 18.4. The van der Waals surface area contributed by atoms with Crippen LogP contribution in [0.15, 0.2) is 5.16 Å². The molecular formula is C20H37N7O2S. The molecule has 4 N–H and O–H groups in total. The van der Waals surface area contributed by atoms with Gasteiger partial charge in [0, 0.05) is 58.1 Å². The van der Waals surface area contributed by atoms with Crippen LogP contribution in [0.5, 0.6) is 0 Å². The van der Waals surface area contributed by atoms with E-state index in [9.17, 15) is 0 Å². The van der Waals surface area contributed by atoms with Gasteiger partial charge in [-0.1, -0.05) is 25.1 Å². The number of thioether (sulfide) groups is 1. The van der Waals surface area contributed by atoms with Crippen molar-refractivity contribution in [3.63, 3.8) is 0 Å². The van der Waals surface area contributed by atoms with Gasteiger partial charge in [0.15, 0.2) is 16.8 Å². The molecule has 3 rings (SSSR count). The summed E-state index contributed by atoms with van der Waals surface area (Å²) in [5, 5.41) is 7.64. The van der Waals surface area contributed by atoms with Crippen LogP contribution in [-0.2, 0) is 9.47 Å². The molecule has 9 nitrogen and oxygen atoms in total. The van der Waals surface area contributed by atoms with Gasteiger partial charge in [0.2, 0.25) is 0 Å². The third-order valence-electron chi connectivity index (χ3n) is 5.30. The monoisotopic (exact) mass is 439 g/mol. The Labute approximate surface area is 184 Å². The lowest BCUT2D eigenvalue weighted by atomic mass is 10.3. The number of nitrogen functional groups attached to an aromatic ring is 1. The number of hydrogen-bond acceptors (Lipinski definition) is 10. The lowest BCUT2D eigenvalue weighted by molar-refractivity contribution is 0.0398. The van der Waals surface area contributed by atoms with Crippen molar-refractivity contribution >= 4 is 29.1 Å². The van der Waals surface area contributed by atoms with Crippen LogP contribution >= 0.6 is 11.8 Å². The Hall–Kier alpha value is -1.33. The second-order valence-electron chi connectivity index (χ2n) is 7.58. The number of morpholine rings is 2. The predicted octanol–water partition coefficient (Wildman–Crippen LogP) is 1.44. The van der Waals surface area contributed by atoms with Gasteiger partial charge < -0.3 is 25.8 Å². The van der Waals surface area contributed by atoms with Gasteiger partial charge in [0.1, 0.15) is 5.69 Å². The molecule has 0 atom stereocenters. The maximum atomic E-state index is 6.42. The molecule has 1 aromatic rings. The molecule has 2 fully saturated rings. The van der Waals surface area contributed by atoms with Crippen molar-refractivity contribution in [1.82, 2.24) is 19.8 Å². The van der Waals surface area contributed by atoms with E-state index in [2.05, 4.69) is 27.4 Å². The average Bonchev–Trinajstić information content (AvgIpc) is 2.78. The van der Waals surface area contributed by atoms with Gasteiger partial charge in [-0.2, -0.15) is 0 Å². The third-order valence-corrected chi connectivity index (χ3v) is 6.24. The Balaban J connectivity index is 1.57. The molecule has 0 aromatic carbocycles. The summed E-state index contributed by atoms with van der Waals surface area (Å²) in [7, 11) is 0. The molecule has 2 aliphatic rings. The first kappa shape index (κ1) is 23.3. The first-order valence-electron chi connectivity index (χ1n) is 11.1. The van der Waals surface area contributed by atoms with Crippen LogP contribution in [0.25, 0.3) is 0 Å². The van der Waals surface area contributed by atoms with Crippen LogP contribution in [0.2, 0.25) is 0 Å². The Morgan fingerprint density at radius 1 is 0.900 bits per heavy atom. The molecule has 0 bridgehead atoms. The van der Waals surface area contributed by atoms with E-state index in [-0.39, 0.29) is 0 Å². The average molecular weight is 440 g/mol. The molecule has 10 heteroatoms. The van der Waals surface area contributed by atoms with E-state index in [4.69, 9.17) is 25.2 Å². The van der Waals surface area contributed by atoms with Gasteiger partial charge in [0.25, 0.3) is 0 Å². The number of nitrogens with zero attached hydrogens (tertiary/aromatic N) is 4. The van der Waals surface area contributed by atoms with Crippen molar-refractivity contribution < 1.29 is 9.47 Å². The summed E-state index contributed by atoms with van der Waals surface area (Å²) < 4.78 is 10.8. The summed E-state index contributed by atoms with van der Waals surface area (Å²) in [6.45, 7) is 12.9. The number of anilines is 3. The van der Waals surface area contributed by atoms with Crippen molar-refractivity contribution in [1.29, 1.82) is 0 Å². The summed E-state index contributed by atoms with van der Waals surface area (Å²) in [4.78, 5) is 14.2. The number of unbranched alkanes of at least 4 members (excludes halogenated alkanes) is 1. The SMILES string of the molecule is CCCCSc1nc(NCCN2CCOCC2)c(N)c(NCCN2CCOCC2)n1. The second kappa shape index (κ2) is 13.2. The lowest BCUT2D eigenvalue weighted by Crippen LogP contribution is -2.39. The fourth-order valence-electron chi connectivity index (χ4n) is 3.41. The van der Waals surface area contributed by atoms with Crippen molar-refractivity contribution in [2.24, 2.45) is 0 Å². The van der Waals surface area contributed by atoms with E-state index in [1.165, 1.54) is 0 Å². The molecule has 1 aromatic heterocycles. The van der Waals surface area contributed by atoms with Crippen LogP contribution in [0.3, 0.4) is 0 Å². The fraction of sp³-hybridized carbons (Fsp3) is 0.800. The molecule has 0 radical (unpaired) electrons. The van der Waals surface area contributed by atoms with E-state index < -0.39 is 0 Å². The number of hydrogen-bond donors (Lipinski definition) is 3. The number of aromatic nitrogens is 2. The first-order valence-corrected chi connectivity index (χ1v) is 12.1. The summed E-state index contributed by atoms with van der Waals surface area (Å²) >= 11 is 1.69. The predicted molar refractivity (Wildman–Crippen MR) is 124 cm³/mol. The summed E-state index contributed by atoms with van der Waals surface area (Å²) in [5.74, 6) is 2.47. The quantitative estimate of drug-likeness (QED) is 0.252. The van der Waals surface area contributed by atoms with E-state index in [1.54, 1.807) is 11.8 Å². The zero-order chi connectivity index (χ0) is 21.0. The number of ether oxygens (including phenoxy) is 2. The lowest BCUT2D eigenvalue weighted by Gasteiger charge is -2.27. The summed E-state index contributed by atoms with van der Waals surface area (Å²) in [6, 6.07) is 0. The van der Waals surface area contributed by atoms with Crippen LogP contribution in [0.4, 0.5) is 17.3 Å². The largest absolute Gasteiger partial charge is 0.393 e. The van der Waals surface area contributed by atoms with Crippen molar-refractivity contribution in [3.8, 4) is 0 Å². The molecule has 0 aliphatic carbocycles. The number of rotatable bonds is 12. The zero-order valence-corrected chi connectivity index (χ0v) is 19.0. The minimum atomic E-state index is 0.596. The fourth-order valence-corrected chi connectivity index (χ4v) is 4.33. The maximum Gasteiger partial charge on any atom is 0.191 e. The topological polar surface area (TPSA) is 101 Å². The van der Waals surface area contributed by atoms with E-state index >= 15 is 0 Å². The van der Waals surface area contributed by atoms with Gasteiger partial charge in [-0.05, 0) is 6.42 Å². The second-order valence-corrected chi connectivity index (χ2v) is 8.64. The smallest absolute Gasteiger partial charge is 0.191 e. The van der Waals surface area contributed by atoms with Gasteiger partial charge in [-0.25, -0.2) is 9.97 Å². The van der Waals surface area contributed by atoms with Crippen molar-refractivity contribution in [2.45, 2.75) is 24.9 Å². The summed E-state index contributed by atoms with van der Waals surface area (Å²) in [5.41, 5.74) is 7.02. The van der Waals surface area contributed by atoms with Crippen LogP contribution in [0, 0.1) is 0 Å². The molecule has 2 aliphatic heterocycles. The Morgan fingerprint density at radius 3 is 1.87 bits per heavy atom. The van der Waals surface area contributed by atoms with Gasteiger partial charge in [-0.3, -0.25) is 9.80 Å². The highest BCUT2D eigenvalue weighted by Gasteiger charge is 2.15. The molecule has 2 saturated heterocycles. The van der Waals surface area contributed by atoms with E-state index in [0.717, 1.165) is 114 Å². The Bertz CT molecular complexity index is 580. The number of nitrogens with one attached hydrogen (secondary N) is 2. The molecule has 30 heavy (non-hydrogen) atoms. The first-order chi connectivity index (χ1) is 14.8. The van der Waals surface area contributed by atoms with Crippen LogP contribution < -0.4 is 16.4 Å². The molecular weight excluding hydrogens is 402 g/mol. The summed E-state index contributed by atoms with van der Waals surface area (Å²) in [6.07, 6.45) is 2.31. The van der Waals surface area contributed by atoms with E-state index in [0.29, 0.717) is 5.69 Å². The highest BCUT2D eigenvalue weighted by Crippen LogP contribution is 2.28. The minimum absolute atomic E-state index is 0.596. The Morgan fingerprint density at radius 2 is 1.40 bits per heavy atom. The van der Waals surface area contributed by atoms with Crippen molar-refractivity contribution in [3.05, 3.63) is 0 Å². The van der Waals surface area contributed by atoms with Crippen molar-refractivity contribution in [2.75, 3.05) is 101 Å². The molecule has 0 unspecified atom stereocenters. The highest BCUT2D eigenvalue weighted by molar-refractivity contribution is 7.99. The minimum Gasteiger partial charge on any atom is -0.393 e. The van der Waals surface area contributed by atoms with Gasteiger partial charge in [0.05, 0.1) is 26.4 Å². The molecule has 3 heterocycles. The highest BCUT2D eigenvalue weighted by atomic mass is 32.2. The maximum absolute atomic E-state index is 6.42. The zero-order valence-electron chi connectivity index (χ0n) is 18.2. The standard InChI is InChI=1S/C20H37N7O2S/c1-2-3-16-30-20-24-18(22-4-6-26-8-12-28-13-9-26)17(21)19(25-20)23-5-7-27-10-14-29-15-11-27/h2-16,21H2,1H3,(H2,22,23,24,25). The molecule has 170 valence electrons. The molecule has 0 amide bonds. The van der Waals surface area contributed by atoms with Gasteiger partial charge in [-0.15, -0.1) is 0 Å². The van der Waals surface area contributed by atoms with E-state index in [1.807, 2.05) is 0 Å². The number of nitrogens with two attached hydrogens (primary N) is 1. The van der Waals surface area contributed by atoms with Gasteiger partial charge >= 0.3 is 0 Å². The molecule has 0 spiro atoms. The molecule has 0 saturated carbocycles.